The zero-order valence-corrected chi connectivity index (χ0v) is 22.6. The molecule has 2 aliphatic heterocycles. The SMILES string of the molecule is CCOc1cc(Cl)ccc1C1=NC(c2ccc(Cl)cc2)C(C(=O)N2CCNCC2)(c2ccc(Cl)cc2)N1. The monoisotopic (exact) mass is 556 g/mol. The van der Waals surface area contributed by atoms with Gasteiger partial charge in [0.05, 0.1) is 12.2 Å². The Morgan fingerprint density at radius 1 is 0.973 bits per heavy atom. The van der Waals surface area contributed by atoms with Crippen molar-refractivity contribution >= 4 is 46.5 Å². The highest BCUT2D eigenvalue weighted by Gasteiger charge is 2.54. The first-order valence-electron chi connectivity index (χ1n) is 12.2. The summed E-state index contributed by atoms with van der Waals surface area (Å²) in [5, 5.41) is 8.66. The Morgan fingerprint density at radius 3 is 2.24 bits per heavy atom. The third-order valence-electron chi connectivity index (χ3n) is 6.71. The van der Waals surface area contributed by atoms with E-state index in [0.29, 0.717) is 46.3 Å². The van der Waals surface area contributed by atoms with Crippen LogP contribution in [0.4, 0.5) is 0 Å². The van der Waals surface area contributed by atoms with E-state index in [1.807, 2.05) is 54.3 Å². The number of ether oxygens (including phenoxy) is 1. The highest BCUT2D eigenvalue weighted by atomic mass is 35.5. The van der Waals surface area contributed by atoms with Gasteiger partial charge in [-0.15, -0.1) is 0 Å². The smallest absolute Gasteiger partial charge is 0.255 e. The van der Waals surface area contributed by atoms with Crippen molar-refractivity contribution in [1.82, 2.24) is 15.5 Å². The standard InChI is InChI=1S/C28H27Cl3N4O2/c1-2-37-24-17-22(31)11-12-23(24)26-33-25(18-3-7-20(29)8-4-18)28(34-26,19-5-9-21(30)10-6-19)27(36)35-15-13-32-14-16-35/h3-12,17,25,32H,2,13-16H2,1H3,(H,33,34). The molecule has 1 fully saturated rings. The normalized spacial score (nSPS) is 21.4. The zero-order chi connectivity index (χ0) is 26.0. The predicted molar refractivity (Wildman–Crippen MR) is 149 cm³/mol. The maximum absolute atomic E-state index is 14.6. The van der Waals surface area contributed by atoms with E-state index in [0.717, 1.165) is 29.8 Å². The van der Waals surface area contributed by atoms with Gasteiger partial charge in [0.25, 0.3) is 5.91 Å². The molecule has 6 nitrogen and oxygen atoms in total. The average molecular weight is 558 g/mol. The number of carbonyl (C=O) groups excluding carboxylic acids is 1. The van der Waals surface area contributed by atoms with E-state index in [9.17, 15) is 4.79 Å². The van der Waals surface area contributed by atoms with Gasteiger partial charge in [-0.25, -0.2) is 0 Å². The Morgan fingerprint density at radius 2 is 1.59 bits per heavy atom. The van der Waals surface area contributed by atoms with Crippen molar-refractivity contribution < 1.29 is 9.53 Å². The summed E-state index contributed by atoms with van der Waals surface area (Å²) in [6.45, 7) is 5.04. The summed E-state index contributed by atoms with van der Waals surface area (Å²) in [7, 11) is 0. The summed E-state index contributed by atoms with van der Waals surface area (Å²) in [6.07, 6.45) is 0. The van der Waals surface area contributed by atoms with Crippen LogP contribution in [0.3, 0.4) is 0 Å². The van der Waals surface area contributed by atoms with Crippen molar-refractivity contribution in [3.63, 3.8) is 0 Å². The van der Waals surface area contributed by atoms with Crippen LogP contribution < -0.4 is 15.4 Å². The van der Waals surface area contributed by atoms with Gasteiger partial charge in [-0.2, -0.15) is 0 Å². The number of hydrogen-bond acceptors (Lipinski definition) is 5. The number of piperazine rings is 1. The van der Waals surface area contributed by atoms with Crippen LogP contribution in [0.2, 0.25) is 15.1 Å². The lowest BCUT2D eigenvalue weighted by Gasteiger charge is -2.40. The molecule has 0 spiro atoms. The van der Waals surface area contributed by atoms with Gasteiger partial charge in [-0.05, 0) is 60.5 Å². The van der Waals surface area contributed by atoms with E-state index in [1.54, 1.807) is 24.3 Å². The molecule has 1 amide bonds. The molecule has 0 radical (unpaired) electrons. The Balaban J connectivity index is 1.71. The summed E-state index contributed by atoms with van der Waals surface area (Å²) in [6, 6.07) is 19.7. The fourth-order valence-electron chi connectivity index (χ4n) is 4.94. The van der Waals surface area contributed by atoms with Crippen LogP contribution in [0.15, 0.2) is 71.7 Å². The Hall–Kier alpha value is -2.77. The van der Waals surface area contributed by atoms with Crippen molar-refractivity contribution in [3.05, 3.63) is 98.5 Å². The molecule has 2 N–H and O–H groups in total. The number of benzene rings is 3. The molecule has 0 aliphatic carbocycles. The molecular formula is C28H27Cl3N4O2. The maximum Gasteiger partial charge on any atom is 0.255 e. The summed E-state index contributed by atoms with van der Waals surface area (Å²) >= 11 is 18.8. The molecule has 9 heteroatoms. The molecule has 0 bridgehead atoms. The second-order valence-corrected chi connectivity index (χ2v) is 10.3. The highest BCUT2D eigenvalue weighted by molar-refractivity contribution is 6.31. The molecule has 3 aromatic carbocycles. The van der Waals surface area contributed by atoms with Crippen molar-refractivity contribution in [2.24, 2.45) is 4.99 Å². The zero-order valence-electron chi connectivity index (χ0n) is 20.3. The number of nitrogens with one attached hydrogen (secondary N) is 2. The number of amides is 1. The summed E-state index contributed by atoms with van der Waals surface area (Å²) in [5.74, 6) is 1.10. The van der Waals surface area contributed by atoms with Gasteiger partial charge in [0, 0.05) is 41.2 Å². The Labute approximate surface area is 231 Å². The van der Waals surface area contributed by atoms with Crippen molar-refractivity contribution in [1.29, 1.82) is 0 Å². The largest absolute Gasteiger partial charge is 0.493 e. The van der Waals surface area contributed by atoms with Gasteiger partial charge in [0.2, 0.25) is 0 Å². The molecule has 2 unspecified atom stereocenters. The van der Waals surface area contributed by atoms with E-state index in [2.05, 4.69) is 10.6 Å². The quantitative estimate of drug-likeness (QED) is 0.422. The number of hydrogen-bond donors (Lipinski definition) is 2. The third-order valence-corrected chi connectivity index (χ3v) is 7.45. The second kappa shape index (κ2) is 10.9. The maximum atomic E-state index is 14.6. The van der Waals surface area contributed by atoms with Crippen LogP contribution in [-0.4, -0.2) is 49.4 Å². The molecule has 2 atom stereocenters. The summed E-state index contributed by atoms with van der Waals surface area (Å²) < 4.78 is 5.91. The number of amidine groups is 1. The Kier molecular flexibility index (Phi) is 7.63. The van der Waals surface area contributed by atoms with Crippen LogP contribution >= 0.6 is 34.8 Å². The molecule has 192 valence electrons. The van der Waals surface area contributed by atoms with Crippen LogP contribution in [0.5, 0.6) is 5.75 Å². The third kappa shape index (κ3) is 5.04. The highest BCUT2D eigenvalue weighted by Crippen LogP contribution is 2.45. The van der Waals surface area contributed by atoms with Crippen LogP contribution in [0.25, 0.3) is 0 Å². The molecular weight excluding hydrogens is 531 g/mol. The molecule has 0 aromatic heterocycles. The minimum atomic E-state index is -1.21. The van der Waals surface area contributed by atoms with E-state index in [-0.39, 0.29) is 5.91 Å². The lowest BCUT2D eigenvalue weighted by Crippen LogP contribution is -2.60. The summed E-state index contributed by atoms with van der Waals surface area (Å²) in [5.41, 5.74) is 1.14. The first kappa shape index (κ1) is 25.9. The molecule has 37 heavy (non-hydrogen) atoms. The minimum Gasteiger partial charge on any atom is -0.493 e. The minimum absolute atomic E-state index is 0.0538. The lowest BCUT2D eigenvalue weighted by atomic mass is 9.79. The van der Waals surface area contributed by atoms with Gasteiger partial charge in [-0.1, -0.05) is 59.1 Å². The van der Waals surface area contributed by atoms with E-state index < -0.39 is 11.6 Å². The Bertz CT molecular complexity index is 1310. The van der Waals surface area contributed by atoms with E-state index in [1.165, 1.54) is 0 Å². The lowest BCUT2D eigenvalue weighted by molar-refractivity contribution is -0.139. The van der Waals surface area contributed by atoms with Crippen molar-refractivity contribution in [3.8, 4) is 5.75 Å². The first-order valence-corrected chi connectivity index (χ1v) is 13.4. The van der Waals surface area contributed by atoms with E-state index >= 15 is 0 Å². The van der Waals surface area contributed by atoms with E-state index in [4.69, 9.17) is 44.5 Å². The fraction of sp³-hybridized carbons (Fsp3) is 0.286. The van der Waals surface area contributed by atoms with Gasteiger partial charge >= 0.3 is 0 Å². The van der Waals surface area contributed by atoms with Crippen molar-refractivity contribution in [2.75, 3.05) is 32.8 Å². The average Bonchev–Trinajstić information content (AvgIpc) is 3.31. The van der Waals surface area contributed by atoms with Gasteiger partial charge in [0.1, 0.15) is 17.6 Å². The molecule has 3 aromatic rings. The first-order chi connectivity index (χ1) is 17.9. The van der Waals surface area contributed by atoms with Crippen LogP contribution in [0.1, 0.15) is 29.7 Å². The molecule has 2 heterocycles. The van der Waals surface area contributed by atoms with Crippen LogP contribution in [0, 0.1) is 0 Å². The molecule has 2 aliphatic rings. The van der Waals surface area contributed by atoms with Gasteiger partial charge < -0.3 is 20.3 Å². The van der Waals surface area contributed by atoms with Gasteiger partial charge in [-0.3, -0.25) is 9.79 Å². The van der Waals surface area contributed by atoms with Crippen LogP contribution in [-0.2, 0) is 10.3 Å². The molecule has 1 saturated heterocycles. The predicted octanol–water partition coefficient (Wildman–Crippen LogP) is 5.46. The van der Waals surface area contributed by atoms with Gasteiger partial charge in [0.15, 0.2) is 5.54 Å². The second-order valence-electron chi connectivity index (χ2n) is 8.99. The number of nitrogens with zero attached hydrogens (tertiary/aromatic N) is 2. The number of aliphatic imine (C=N–C) groups is 1. The number of halogens is 3. The number of carbonyl (C=O) groups is 1. The van der Waals surface area contributed by atoms with Crippen molar-refractivity contribution in [2.45, 2.75) is 18.5 Å². The molecule has 5 rings (SSSR count). The topological polar surface area (TPSA) is 66.0 Å². The summed E-state index contributed by atoms with van der Waals surface area (Å²) in [4.78, 5) is 21.6. The molecule has 0 saturated carbocycles. The number of rotatable bonds is 6. The fourth-order valence-corrected chi connectivity index (χ4v) is 5.35.